The van der Waals surface area contributed by atoms with Crippen LogP contribution in [0.15, 0.2) is 30.6 Å². The number of aromatic nitrogens is 3. The first kappa shape index (κ1) is 23.7. The zero-order valence-electron chi connectivity index (χ0n) is 20.3. The van der Waals surface area contributed by atoms with Crippen LogP contribution < -0.4 is 11.1 Å². The third-order valence-corrected chi connectivity index (χ3v) is 6.21. The van der Waals surface area contributed by atoms with Crippen LogP contribution in [0.5, 0.6) is 0 Å². The van der Waals surface area contributed by atoms with Gasteiger partial charge in [-0.25, -0.2) is 9.50 Å². The van der Waals surface area contributed by atoms with Gasteiger partial charge in [0.15, 0.2) is 5.82 Å². The van der Waals surface area contributed by atoms with Gasteiger partial charge < -0.3 is 20.7 Å². The van der Waals surface area contributed by atoms with Gasteiger partial charge in [-0.2, -0.15) is 5.10 Å². The number of likely N-dealkylation sites (tertiary alicyclic amines) is 1. The van der Waals surface area contributed by atoms with Gasteiger partial charge in [0.2, 0.25) is 0 Å². The third kappa shape index (κ3) is 4.91. The molecule has 1 aromatic carbocycles. The van der Waals surface area contributed by atoms with E-state index in [1.807, 2.05) is 24.3 Å². The van der Waals surface area contributed by atoms with E-state index in [-0.39, 0.29) is 17.6 Å². The number of hydrogen-bond acceptors (Lipinski definition) is 6. The van der Waals surface area contributed by atoms with Crippen molar-refractivity contribution in [3.05, 3.63) is 53.0 Å². The molecule has 0 aliphatic carbocycles. The number of carbonyl (C=O) groups excluding carboxylic acids is 1. The molecule has 1 saturated heterocycles. The summed E-state index contributed by atoms with van der Waals surface area (Å²) in [6.45, 7) is 6.70. The second-order valence-corrected chi connectivity index (χ2v) is 9.13. The normalized spacial score (nSPS) is 14.9. The molecule has 1 amide bonds. The smallest absolute Gasteiger partial charge is 0.259 e. The second-order valence-electron chi connectivity index (χ2n) is 9.13. The zero-order chi connectivity index (χ0) is 24.2. The Kier molecular flexibility index (Phi) is 7.15. The molecule has 8 heteroatoms. The van der Waals surface area contributed by atoms with Gasteiger partial charge in [-0.05, 0) is 56.6 Å². The number of ether oxygens (including phenoxy) is 1. The molecule has 0 saturated carbocycles. The fourth-order valence-corrected chi connectivity index (χ4v) is 4.39. The molecule has 3 aromatic rings. The Morgan fingerprint density at radius 3 is 2.62 bits per heavy atom. The summed E-state index contributed by atoms with van der Waals surface area (Å²) in [7, 11) is 3.79. The monoisotopic (exact) mass is 460 g/mol. The summed E-state index contributed by atoms with van der Waals surface area (Å²) in [4.78, 5) is 20.1. The lowest BCUT2D eigenvalue weighted by Crippen LogP contribution is -2.29. The number of methoxy groups -OCH3 is 1. The second kappa shape index (κ2) is 10.2. The molecular formula is C26H32N6O2. The van der Waals surface area contributed by atoms with Gasteiger partial charge in [0.25, 0.3) is 5.91 Å². The summed E-state index contributed by atoms with van der Waals surface area (Å²) in [5.41, 5.74) is 10.4. The van der Waals surface area contributed by atoms with E-state index in [4.69, 9.17) is 10.5 Å². The summed E-state index contributed by atoms with van der Waals surface area (Å²) in [6, 6.07) is 7.57. The van der Waals surface area contributed by atoms with Crippen molar-refractivity contribution in [3.8, 4) is 11.8 Å². The number of rotatable bonds is 5. The van der Waals surface area contributed by atoms with E-state index in [0.29, 0.717) is 34.9 Å². The number of carbonyl (C=O) groups is 1. The molecule has 2 aromatic heterocycles. The maximum Gasteiger partial charge on any atom is 0.259 e. The highest BCUT2D eigenvalue weighted by Gasteiger charge is 2.27. The Labute approximate surface area is 200 Å². The number of nitrogens with one attached hydrogen (secondary N) is 1. The number of amides is 1. The maximum absolute atomic E-state index is 13.6. The lowest BCUT2D eigenvalue weighted by atomic mass is 9.96. The number of fused-ring (bicyclic) bond motifs is 1. The molecule has 4 rings (SSSR count). The summed E-state index contributed by atoms with van der Waals surface area (Å²) in [5.74, 6) is 7.16. The molecule has 3 N–H and O–H groups in total. The van der Waals surface area contributed by atoms with E-state index >= 15 is 0 Å². The average molecular weight is 461 g/mol. The van der Waals surface area contributed by atoms with Crippen LogP contribution in [0.4, 0.5) is 11.5 Å². The first-order valence-corrected chi connectivity index (χ1v) is 11.6. The lowest BCUT2D eigenvalue weighted by Gasteiger charge is -2.25. The van der Waals surface area contributed by atoms with Gasteiger partial charge in [0.1, 0.15) is 11.8 Å². The molecule has 0 unspecified atom stereocenters. The third-order valence-electron chi connectivity index (χ3n) is 6.21. The predicted molar refractivity (Wildman–Crippen MR) is 134 cm³/mol. The van der Waals surface area contributed by atoms with Crippen molar-refractivity contribution >= 4 is 22.9 Å². The summed E-state index contributed by atoms with van der Waals surface area (Å²) < 4.78 is 6.89. The highest BCUT2D eigenvalue weighted by Crippen LogP contribution is 2.31. The fraction of sp³-hybridized carbons (Fsp3) is 0.423. The lowest BCUT2D eigenvalue weighted by molar-refractivity contribution is 0.102. The zero-order valence-corrected chi connectivity index (χ0v) is 20.3. The van der Waals surface area contributed by atoms with Gasteiger partial charge >= 0.3 is 0 Å². The Morgan fingerprint density at radius 2 is 1.97 bits per heavy atom. The quantitative estimate of drug-likeness (QED) is 0.566. The molecule has 1 fully saturated rings. The van der Waals surface area contributed by atoms with Crippen LogP contribution in [-0.2, 0) is 11.3 Å². The van der Waals surface area contributed by atoms with Crippen molar-refractivity contribution in [2.24, 2.45) is 5.92 Å². The van der Waals surface area contributed by atoms with Crippen molar-refractivity contribution in [2.45, 2.75) is 39.2 Å². The van der Waals surface area contributed by atoms with Gasteiger partial charge in [0.05, 0.1) is 23.4 Å². The van der Waals surface area contributed by atoms with Gasteiger partial charge in [-0.1, -0.05) is 37.8 Å². The number of nitrogens with two attached hydrogens (primary N) is 1. The van der Waals surface area contributed by atoms with Gasteiger partial charge in [-0.15, -0.1) is 0 Å². The largest absolute Gasteiger partial charge is 0.382 e. The molecule has 0 atom stereocenters. The number of nitrogens with zero attached hydrogens (tertiary/aromatic N) is 4. The van der Waals surface area contributed by atoms with Crippen molar-refractivity contribution in [3.63, 3.8) is 0 Å². The Balaban J connectivity index is 1.78. The van der Waals surface area contributed by atoms with E-state index in [0.717, 1.165) is 37.2 Å². The summed E-state index contributed by atoms with van der Waals surface area (Å²) in [5, 5.41) is 7.43. The number of anilines is 2. The molecule has 3 heterocycles. The SMILES string of the molecule is COCc1ccc(NC(=O)c2c(C#CC3CCN(C)CC3)c(C(C)C)n3ncnc(N)c23)cc1. The number of piperidine rings is 1. The molecule has 0 bridgehead atoms. The first-order valence-electron chi connectivity index (χ1n) is 11.6. The van der Waals surface area contributed by atoms with E-state index < -0.39 is 0 Å². The van der Waals surface area contributed by atoms with E-state index in [1.54, 1.807) is 11.6 Å². The molecule has 34 heavy (non-hydrogen) atoms. The highest BCUT2D eigenvalue weighted by atomic mass is 16.5. The molecule has 1 aliphatic rings. The Morgan fingerprint density at radius 1 is 1.26 bits per heavy atom. The minimum absolute atomic E-state index is 0.0819. The predicted octanol–water partition coefficient (Wildman–Crippen LogP) is 3.53. The van der Waals surface area contributed by atoms with Crippen LogP contribution in [0.3, 0.4) is 0 Å². The molecule has 178 valence electrons. The molecule has 0 radical (unpaired) electrons. The van der Waals surface area contributed by atoms with Crippen molar-refractivity contribution in [1.29, 1.82) is 0 Å². The van der Waals surface area contributed by atoms with Crippen LogP contribution in [0, 0.1) is 17.8 Å². The highest BCUT2D eigenvalue weighted by molar-refractivity contribution is 6.13. The van der Waals surface area contributed by atoms with Crippen LogP contribution in [0.2, 0.25) is 0 Å². The number of hydrogen-bond donors (Lipinski definition) is 2. The van der Waals surface area contributed by atoms with Crippen molar-refractivity contribution in [1.82, 2.24) is 19.5 Å². The first-order chi connectivity index (χ1) is 16.4. The summed E-state index contributed by atoms with van der Waals surface area (Å²) >= 11 is 0. The van der Waals surface area contributed by atoms with Crippen LogP contribution in [0.1, 0.15) is 59.8 Å². The number of nitrogen functional groups attached to an aromatic ring is 1. The van der Waals surface area contributed by atoms with E-state index in [2.05, 4.69) is 53.0 Å². The van der Waals surface area contributed by atoms with E-state index in [9.17, 15) is 4.79 Å². The fourth-order valence-electron chi connectivity index (χ4n) is 4.39. The maximum atomic E-state index is 13.6. The Hall–Kier alpha value is -3.41. The molecule has 8 nitrogen and oxygen atoms in total. The molecular weight excluding hydrogens is 428 g/mol. The van der Waals surface area contributed by atoms with Crippen molar-refractivity contribution < 1.29 is 9.53 Å². The van der Waals surface area contributed by atoms with Crippen LogP contribution in [-0.4, -0.2) is 52.7 Å². The topological polar surface area (TPSA) is 97.8 Å². The molecule has 0 spiro atoms. The summed E-state index contributed by atoms with van der Waals surface area (Å²) in [6.07, 6.45) is 3.45. The van der Waals surface area contributed by atoms with Crippen LogP contribution in [0.25, 0.3) is 5.52 Å². The minimum atomic E-state index is -0.280. The van der Waals surface area contributed by atoms with Gasteiger partial charge in [-0.3, -0.25) is 4.79 Å². The standard InChI is InChI=1S/C26H32N6O2/c1-17(2)23-21(10-7-18-11-13-31(3)14-12-18)22(24-25(27)28-16-29-32(23)24)26(33)30-20-8-5-19(6-9-20)15-34-4/h5-6,8-9,16-18H,11-15H2,1-4H3,(H,30,33)(H2,27,28,29). The van der Waals surface area contributed by atoms with Gasteiger partial charge in [0, 0.05) is 18.7 Å². The number of benzene rings is 1. The average Bonchev–Trinajstić information content (AvgIpc) is 3.16. The molecule has 1 aliphatic heterocycles. The van der Waals surface area contributed by atoms with Crippen LogP contribution >= 0.6 is 0 Å². The Bertz CT molecular complexity index is 1230. The minimum Gasteiger partial charge on any atom is -0.382 e. The van der Waals surface area contributed by atoms with E-state index in [1.165, 1.54) is 6.33 Å². The van der Waals surface area contributed by atoms with Crippen molar-refractivity contribution in [2.75, 3.05) is 38.3 Å².